The van der Waals surface area contributed by atoms with E-state index >= 15 is 0 Å². The van der Waals surface area contributed by atoms with Gasteiger partial charge in [0, 0.05) is 24.1 Å². The van der Waals surface area contributed by atoms with Gasteiger partial charge in [0.05, 0.1) is 20.3 Å². The van der Waals surface area contributed by atoms with Gasteiger partial charge >= 0.3 is 0 Å². The van der Waals surface area contributed by atoms with Crippen LogP contribution in [0.15, 0.2) is 18.2 Å². The molecule has 20 heavy (non-hydrogen) atoms. The van der Waals surface area contributed by atoms with Gasteiger partial charge in [-0.3, -0.25) is 4.90 Å². The second kappa shape index (κ2) is 7.16. The Kier molecular flexibility index (Phi) is 5.25. The van der Waals surface area contributed by atoms with E-state index in [0.717, 1.165) is 37.4 Å². The van der Waals surface area contributed by atoms with Crippen molar-refractivity contribution in [3.05, 3.63) is 23.8 Å². The van der Waals surface area contributed by atoms with Crippen molar-refractivity contribution in [2.75, 3.05) is 27.3 Å². The summed E-state index contributed by atoms with van der Waals surface area (Å²) in [4.78, 5) is 2.46. The first kappa shape index (κ1) is 14.7. The van der Waals surface area contributed by atoms with E-state index in [2.05, 4.69) is 17.0 Å². The highest BCUT2D eigenvalue weighted by molar-refractivity contribution is 5.42. The molecule has 0 aromatic heterocycles. The molecule has 1 heterocycles. The van der Waals surface area contributed by atoms with Crippen LogP contribution >= 0.6 is 0 Å². The first-order valence-corrected chi connectivity index (χ1v) is 7.13. The summed E-state index contributed by atoms with van der Waals surface area (Å²) in [7, 11) is 3.37. The summed E-state index contributed by atoms with van der Waals surface area (Å²) in [6.07, 6.45) is 3.91. The van der Waals surface area contributed by atoms with Gasteiger partial charge < -0.3 is 9.47 Å². The van der Waals surface area contributed by atoms with Crippen molar-refractivity contribution in [3.63, 3.8) is 0 Å². The maximum Gasteiger partial charge on any atom is 0.127 e. The molecule has 0 saturated carbocycles. The number of rotatable bonds is 6. The van der Waals surface area contributed by atoms with Gasteiger partial charge in [-0.15, -0.1) is 0 Å². The molecule has 1 aromatic carbocycles. The molecular formula is C16H22N2O2. The lowest BCUT2D eigenvalue weighted by Crippen LogP contribution is -2.24. The molecule has 0 radical (unpaired) electrons. The number of hydrogen-bond acceptors (Lipinski definition) is 4. The van der Waals surface area contributed by atoms with E-state index in [4.69, 9.17) is 14.7 Å². The fourth-order valence-electron chi connectivity index (χ4n) is 2.90. The minimum absolute atomic E-state index is 0.398. The minimum Gasteiger partial charge on any atom is -0.497 e. The van der Waals surface area contributed by atoms with E-state index in [0.29, 0.717) is 12.5 Å². The Hall–Kier alpha value is -1.73. The van der Waals surface area contributed by atoms with Gasteiger partial charge in [0.25, 0.3) is 0 Å². The molecule has 1 aromatic rings. The van der Waals surface area contributed by atoms with Gasteiger partial charge in [-0.05, 0) is 38.4 Å². The quantitative estimate of drug-likeness (QED) is 0.748. The normalized spacial score (nSPS) is 18.8. The molecule has 1 aliphatic rings. The van der Waals surface area contributed by atoms with Crippen molar-refractivity contribution < 1.29 is 9.47 Å². The molecule has 0 N–H and O–H groups in total. The van der Waals surface area contributed by atoms with Crippen LogP contribution in [0.25, 0.3) is 0 Å². The maximum atomic E-state index is 8.66. The van der Waals surface area contributed by atoms with E-state index in [1.165, 1.54) is 12.0 Å². The van der Waals surface area contributed by atoms with Crippen molar-refractivity contribution in [1.82, 2.24) is 4.90 Å². The smallest absolute Gasteiger partial charge is 0.127 e. The molecule has 0 amide bonds. The number of nitriles is 1. The second-order valence-corrected chi connectivity index (χ2v) is 5.06. The van der Waals surface area contributed by atoms with Gasteiger partial charge in [-0.2, -0.15) is 5.26 Å². The van der Waals surface area contributed by atoms with Gasteiger partial charge in [0.1, 0.15) is 11.5 Å². The van der Waals surface area contributed by atoms with Crippen LogP contribution in [-0.4, -0.2) is 32.2 Å². The predicted molar refractivity (Wildman–Crippen MR) is 77.9 cm³/mol. The van der Waals surface area contributed by atoms with E-state index in [1.807, 2.05) is 12.1 Å². The summed E-state index contributed by atoms with van der Waals surface area (Å²) in [5.74, 6) is 1.71. The zero-order valence-corrected chi connectivity index (χ0v) is 12.3. The van der Waals surface area contributed by atoms with Crippen LogP contribution in [0.1, 0.15) is 37.3 Å². The molecule has 4 nitrogen and oxygen atoms in total. The Morgan fingerprint density at radius 3 is 2.90 bits per heavy atom. The van der Waals surface area contributed by atoms with Gasteiger partial charge in [0.2, 0.25) is 0 Å². The zero-order chi connectivity index (χ0) is 14.4. The Labute approximate surface area is 120 Å². The first-order valence-electron chi connectivity index (χ1n) is 7.13. The SMILES string of the molecule is COc1ccc(C2CCCN2CCCC#N)c(OC)c1. The number of likely N-dealkylation sites (tertiary alicyclic amines) is 1. The van der Waals surface area contributed by atoms with Crippen LogP contribution in [0.3, 0.4) is 0 Å². The van der Waals surface area contributed by atoms with Crippen molar-refractivity contribution in [1.29, 1.82) is 5.26 Å². The summed E-state index contributed by atoms with van der Waals surface area (Å²) in [5, 5.41) is 8.66. The molecule has 0 bridgehead atoms. The molecule has 0 aliphatic carbocycles. The monoisotopic (exact) mass is 274 g/mol. The highest BCUT2D eigenvalue weighted by Crippen LogP contribution is 2.38. The number of ether oxygens (including phenoxy) is 2. The lowest BCUT2D eigenvalue weighted by molar-refractivity contribution is 0.249. The molecule has 2 rings (SSSR count). The fraction of sp³-hybridized carbons (Fsp3) is 0.562. The molecule has 4 heteroatoms. The highest BCUT2D eigenvalue weighted by atomic mass is 16.5. The summed E-state index contributed by atoms with van der Waals surface area (Å²) >= 11 is 0. The summed E-state index contributed by atoms with van der Waals surface area (Å²) in [5.41, 5.74) is 1.22. The fourth-order valence-corrected chi connectivity index (χ4v) is 2.90. The number of methoxy groups -OCH3 is 2. The Morgan fingerprint density at radius 2 is 2.20 bits per heavy atom. The van der Waals surface area contributed by atoms with Gasteiger partial charge in [-0.25, -0.2) is 0 Å². The van der Waals surface area contributed by atoms with E-state index in [1.54, 1.807) is 14.2 Å². The molecule has 108 valence electrons. The average molecular weight is 274 g/mol. The zero-order valence-electron chi connectivity index (χ0n) is 12.3. The molecule has 1 unspecified atom stereocenters. The van der Waals surface area contributed by atoms with Crippen LogP contribution in [0.2, 0.25) is 0 Å². The van der Waals surface area contributed by atoms with Crippen molar-refractivity contribution in [2.24, 2.45) is 0 Å². The topological polar surface area (TPSA) is 45.5 Å². The van der Waals surface area contributed by atoms with Crippen molar-refractivity contribution >= 4 is 0 Å². The predicted octanol–water partition coefficient (Wildman–Crippen LogP) is 3.14. The number of unbranched alkanes of at least 4 members (excludes halogenated alkanes) is 1. The maximum absolute atomic E-state index is 8.66. The van der Waals surface area contributed by atoms with E-state index in [9.17, 15) is 0 Å². The third kappa shape index (κ3) is 3.23. The van der Waals surface area contributed by atoms with Crippen LogP contribution in [-0.2, 0) is 0 Å². The van der Waals surface area contributed by atoms with Crippen LogP contribution in [0, 0.1) is 11.3 Å². The van der Waals surface area contributed by atoms with Crippen LogP contribution in [0.5, 0.6) is 11.5 Å². The van der Waals surface area contributed by atoms with E-state index in [-0.39, 0.29) is 0 Å². The highest BCUT2D eigenvalue weighted by Gasteiger charge is 2.27. The number of nitrogens with zero attached hydrogens (tertiary/aromatic N) is 2. The third-order valence-corrected chi connectivity index (χ3v) is 3.90. The van der Waals surface area contributed by atoms with Gasteiger partial charge in [0.15, 0.2) is 0 Å². The number of hydrogen-bond donors (Lipinski definition) is 0. The van der Waals surface area contributed by atoms with Crippen molar-refractivity contribution in [3.8, 4) is 17.6 Å². The summed E-state index contributed by atoms with van der Waals surface area (Å²) in [6, 6.07) is 8.65. The summed E-state index contributed by atoms with van der Waals surface area (Å²) in [6.45, 7) is 2.08. The average Bonchev–Trinajstić information content (AvgIpc) is 2.95. The Bertz CT molecular complexity index is 482. The minimum atomic E-state index is 0.398. The van der Waals surface area contributed by atoms with Crippen LogP contribution in [0.4, 0.5) is 0 Å². The lowest BCUT2D eigenvalue weighted by atomic mass is 10.0. The summed E-state index contributed by atoms with van der Waals surface area (Å²) < 4.78 is 10.8. The standard InChI is InChI=1S/C16H22N2O2/c1-19-13-7-8-14(16(12-13)20-2)15-6-5-11-18(15)10-4-3-9-17/h7-8,12,15H,3-6,10-11H2,1-2H3. The first-order chi connectivity index (χ1) is 9.80. The second-order valence-electron chi connectivity index (χ2n) is 5.06. The molecule has 1 saturated heterocycles. The third-order valence-electron chi connectivity index (χ3n) is 3.90. The molecular weight excluding hydrogens is 252 g/mol. The molecule has 0 spiro atoms. The van der Waals surface area contributed by atoms with Gasteiger partial charge in [-0.1, -0.05) is 6.07 Å². The molecule has 1 atom stereocenters. The molecule has 1 aliphatic heterocycles. The molecule has 1 fully saturated rings. The van der Waals surface area contributed by atoms with E-state index < -0.39 is 0 Å². The Balaban J connectivity index is 2.14. The number of benzene rings is 1. The van der Waals surface area contributed by atoms with Crippen LogP contribution < -0.4 is 9.47 Å². The van der Waals surface area contributed by atoms with Crippen molar-refractivity contribution in [2.45, 2.75) is 31.7 Å². The lowest BCUT2D eigenvalue weighted by Gasteiger charge is -2.26. The largest absolute Gasteiger partial charge is 0.497 e. The Morgan fingerprint density at radius 1 is 1.35 bits per heavy atom.